The van der Waals surface area contributed by atoms with E-state index in [0.29, 0.717) is 15.7 Å². The number of hydrogen-bond donors (Lipinski definition) is 1. The maximum atomic E-state index is 12.4. The van der Waals surface area contributed by atoms with Crippen LogP contribution in [0.1, 0.15) is 0 Å². The van der Waals surface area contributed by atoms with Gasteiger partial charge in [0, 0.05) is 27.6 Å². The number of anilines is 2. The number of hydrogen-bond acceptors (Lipinski definition) is 3. The molecule has 1 aliphatic heterocycles. The van der Waals surface area contributed by atoms with Gasteiger partial charge in [0.15, 0.2) is 0 Å². The molecule has 2 aromatic carbocycles. The maximum absolute atomic E-state index is 12.4. The minimum atomic E-state index is -1.39. The van der Waals surface area contributed by atoms with Crippen LogP contribution >= 0.6 is 23.2 Å². The first-order valence-corrected chi connectivity index (χ1v) is 8.80. The van der Waals surface area contributed by atoms with Crippen LogP contribution in [0.4, 0.5) is 11.4 Å². The Morgan fingerprint density at radius 2 is 1.57 bits per heavy atom. The van der Waals surface area contributed by atoms with Gasteiger partial charge in [-0.05, 0) is 48.5 Å². The van der Waals surface area contributed by atoms with Gasteiger partial charge in [-0.3, -0.25) is 13.9 Å². The van der Waals surface area contributed by atoms with E-state index < -0.39 is 10.8 Å². The Kier molecular flexibility index (Phi) is 4.71. The Labute approximate surface area is 146 Å². The lowest BCUT2D eigenvalue weighted by Gasteiger charge is -2.13. The first kappa shape index (κ1) is 16.1. The van der Waals surface area contributed by atoms with Crippen LogP contribution in [0.3, 0.4) is 0 Å². The third kappa shape index (κ3) is 3.58. The summed E-state index contributed by atoms with van der Waals surface area (Å²) in [4.78, 5) is 14.2. The SMILES string of the molecule is O=C1C(=CNc2ccc(Cl)cc2)S(=O)CN1c1ccc(Cl)cc1. The zero-order valence-electron chi connectivity index (χ0n) is 11.8. The second-order valence-electron chi connectivity index (χ2n) is 4.84. The molecule has 2 aromatic rings. The van der Waals surface area contributed by atoms with Crippen molar-refractivity contribution in [3.8, 4) is 0 Å². The molecule has 1 heterocycles. The molecule has 1 aliphatic rings. The maximum Gasteiger partial charge on any atom is 0.269 e. The van der Waals surface area contributed by atoms with Crippen LogP contribution in [0.15, 0.2) is 59.6 Å². The highest BCUT2D eigenvalue weighted by Crippen LogP contribution is 2.26. The van der Waals surface area contributed by atoms with Gasteiger partial charge >= 0.3 is 0 Å². The summed E-state index contributed by atoms with van der Waals surface area (Å²) in [5.41, 5.74) is 1.43. The van der Waals surface area contributed by atoms with Gasteiger partial charge < -0.3 is 5.32 Å². The Balaban J connectivity index is 1.79. The highest BCUT2D eigenvalue weighted by Gasteiger charge is 2.33. The molecule has 0 spiro atoms. The van der Waals surface area contributed by atoms with E-state index in [4.69, 9.17) is 23.2 Å². The monoisotopic (exact) mass is 366 g/mol. The number of halogens is 2. The zero-order valence-corrected chi connectivity index (χ0v) is 14.2. The van der Waals surface area contributed by atoms with Crippen molar-refractivity contribution in [3.63, 3.8) is 0 Å². The fraction of sp³-hybridized carbons (Fsp3) is 0.0625. The molecule has 1 N–H and O–H groups in total. The normalized spacial score (nSPS) is 19.4. The van der Waals surface area contributed by atoms with Crippen LogP contribution in [-0.2, 0) is 15.6 Å². The van der Waals surface area contributed by atoms with Crippen molar-refractivity contribution < 1.29 is 9.00 Å². The van der Waals surface area contributed by atoms with Crippen LogP contribution in [0, 0.1) is 0 Å². The van der Waals surface area contributed by atoms with Crippen molar-refractivity contribution in [2.75, 3.05) is 16.1 Å². The Hall–Kier alpha value is -1.82. The van der Waals surface area contributed by atoms with Gasteiger partial charge in [0.1, 0.15) is 10.8 Å². The predicted molar refractivity (Wildman–Crippen MR) is 95.1 cm³/mol. The number of benzene rings is 2. The molecule has 3 rings (SSSR count). The standard InChI is InChI=1S/C16H12Cl2N2O2S/c17-11-1-5-13(6-2-11)19-9-15-16(21)20(10-23(15)22)14-7-3-12(18)4-8-14/h1-9,19H,10H2. The molecule has 1 saturated heterocycles. The van der Waals surface area contributed by atoms with E-state index >= 15 is 0 Å². The third-order valence-corrected chi connectivity index (χ3v) is 5.08. The summed E-state index contributed by atoms with van der Waals surface area (Å²) in [5.74, 6) is -0.152. The average molecular weight is 367 g/mol. The minimum Gasteiger partial charge on any atom is -0.360 e. The van der Waals surface area contributed by atoms with Crippen LogP contribution in [0.2, 0.25) is 10.0 Å². The molecule has 23 heavy (non-hydrogen) atoms. The van der Waals surface area contributed by atoms with E-state index in [2.05, 4.69) is 5.32 Å². The molecule has 1 atom stereocenters. The summed E-state index contributed by atoms with van der Waals surface area (Å²) in [6.45, 7) is 0. The second-order valence-corrected chi connectivity index (χ2v) is 7.11. The van der Waals surface area contributed by atoms with Gasteiger partial charge in [0.2, 0.25) is 0 Å². The molecule has 0 aromatic heterocycles. The summed E-state index contributed by atoms with van der Waals surface area (Å²) in [6.07, 6.45) is 1.48. The molecular formula is C16H12Cl2N2O2S. The molecule has 1 amide bonds. The number of carbonyl (C=O) groups excluding carboxylic acids is 1. The summed E-state index contributed by atoms with van der Waals surface area (Å²) in [7, 11) is -1.39. The topological polar surface area (TPSA) is 49.4 Å². The second kappa shape index (κ2) is 6.74. The van der Waals surface area contributed by atoms with Crippen molar-refractivity contribution in [3.05, 3.63) is 69.7 Å². The summed E-state index contributed by atoms with van der Waals surface area (Å²) >= 11 is 11.7. The number of rotatable bonds is 3. The fourth-order valence-corrected chi connectivity index (χ4v) is 3.50. The van der Waals surface area contributed by atoms with E-state index in [-0.39, 0.29) is 16.7 Å². The molecule has 4 nitrogen and oxygen atoms in total. The molecule has 1 fully saturated rings. The average Bonchev–Trinajstić information content (AvgIpc) is 2.82. The van der Waals surface area contributed by atoms with Crippen LogP contribution in [-0.4, -0.2) is 16.0 Å². The molecule has 0 aliphatic carbocycles. The zero-order chi connectivity index (χ0) is 16.4. The van der Waals surface area contributed by atoms with Gasteiger partial charge in [-0.1, -0.05) is 23.2 Å². The number of amides is 1. The lowest BCUT2D eigenvalue weighted by atomic mass is 10.3. The van der Waals surface area contributed by atoms with Gasteiger partial charge in [-0.2, -0.15) is 0 Å². The van der Waals surface area contributed by atoms with Gasteiger partial charge in [0.25, 0.3) is 5.91 Å². The predicted octanol–water partition coefficient (Wildman–Crippen LogP) is 4.00. The highest BCUT2D eigenvalue weighted by atomic mass is 35.5. The number of carbonyl (C=O) groups is 1. The summed E-state index contributed by atoms with van der Waals surface area (Å²) in [6, 6.07) is 13.9. The van der Waals surface area contributed by atoms with Crippen LogP contribution in [0.25, 0.3) is 0 Å². The van der Waals surface area contributed by atoms with Gasteiger partial charge in [-0.25, -0.2) is 0 Å². The molecule has 7 heteroatoms. The molecule has 1 unspecified atom stereocenters. The molecule has 0 saturated carbocycles. The van der Waals surface area contributed by atoms with Crippen LogP contribution in [0.5, 0.6) is 0 Å². The fourth-order valence-electron chi connectivity index (χ4n) is 2.11. The third-order valence-electron chi connectivity index (χ3n) is 3.30. The number of nitrogens with zero attached hydrogens (tertiary/aromatic N) is 1. The lowest BCUT2D eigenvalue weighted by molar-refractivity contribution is -0.114. The van der Waals surface area contributed by atoms with E-state index in [1.165, 1.54) is 11.1 Å². The summed E-state index contributed by atoms with van der Waals surface area (Å²) < 4.78 is 12.2. The van der Waals surface area contributed by atoms with Crippen molar-refractivity contribution in [1.82, 2.24) is 0 Å². The Morgan fingerprint density at radius 1 is 1.00 bits per heavy atom. The van der Waals surface area contributed by atoms with Crippen LogP contribution < -0.4 is 10.2 Å². The van der Waals surface area contributed by atoms with E-state index in [1.54, 1.807) is 48.5 Å². The Bertz CT molecular complexity index is 789. The first-order valence-electron chi connectivity index (χ1n) is 6.73. The van der Waals surface area contributed by atoms with E-state index in [0.717, 1.165) is 5.69 Å². The summed E-state index contributed by atoms with van der Waals surface area (Å²) in [5, 5.41) is 4.18. The lowest BCUT2D eigenvalue weighted by Crippen LogP contribution is -2.24. The van der Waals surface area contributed by atoms with Gasteiger partial charge in [-0.15, -0.1) is 0 Å². The quantitative estimate of drug-likeness (QED) is 0.835. The minimum absolute atomic E-state index is 0.134. The molecule has 118 valence electrons. The number of nitrogens with one attached hydrogen (secondary N) is 1. The molecule has 0 radical (unpaired) electrons. The van der Waals surface area contributed by atoms with Crippen molar-refractivity contribution >= 4 is 51.3 Å². The van der Waals surface area contributed by atoms with Gasteiger partial charge in [0.05, 0.1) is 10.8 Å². The van der Waals surface area contributed by atoms with Crippen molar-refractivity contribution in [2.24, 2.45) is 0 Å². The van der Waals surface area contributed by atoms with Crippen molar-refractivity contribution in [1.29, 1.82) is 0 Å². The first-order chi connectivity index (χ1) is 11.0. The Morgan fingerprint density at radius 3 is 2.17 bits per heavy atom. The largest absolute Gasteiger partial charge is 0.360 e. The molecular weight excluding hydrogens is 355 g/mol. The molecule has 0 bridgehead atoms. The smallest absolute Gasteiger partial charge is 0.269 e. The van der Waals surface area contributed by atoms with Crippen molar-refractivity contribution in [2.45, 2.75) is 0 Å². The van der Waals surface area contributed by atoms with E-state index in [1.807, 2.05) is 0 Å². The highest BCUT2D eigenvalue weighted by molar-refractivity contribution is 7.90. The van der Waals surface area contributed by atoms with E-state index in [9.17, 15) is 9.00 Å².